The maximum absolute atomic E-state index is 9.86. The monoisotopic (exact) mass is 170 g/mol. The lowest BCUT2D eigenvalue weighted by molar-refractivity contribution is -0.0686. The molecule has 0 radical (unpaired) electrons. The first-order valence-corrected chi connectivity index (χ1v) is 5.11. The SMILES string of the molecule is CC1CCC(C(O)C2CCC2)O1. The molecule has 0 aromatic rings. The van der Waals surface area contributed by atoms with Crippen LogP contribution in [0, 0.1) is 5.92 Å². The Kier molecular flexibility index (Phi) is 2.37. The van der Waals surface area contributed by atoms with E-state index in [2.05, 4.69) is 6.92 Å². The minimum Gasteiger partial charge on any atom is -0.390 e. The molecular formula is C10H18O2. The zero-order chi connectivity index (χ0) is 8.55. The van der Waals surface area contributed by atoms with Gasteiger partial charge in [-0.1, -0.05) is 6.42 Å². The van der Waals surface area contributed by atoms with E-state index in [1.54, 1.807) is 0 Å². The first-order chi connectivity index (χ1) is 5.77. The van der Waals surface area contributed by atoms with Gasteiger partial charge in [0.25, 0.3) is 0 Å². The van der Waals surface area contributed by atoms with Gasteiger partial charge in [-0.3, -0.25) is 0 Å². The van der Waals surface area contributed by atoms with Crippen molar-refractivity contribution in [3.05, 3.63) is 0 Å². The fourth-order valence-electron chi connectivity index (χ4n) is 2.17. The molecule has 1 saturated heterocycles. The molecule has 1 saturated carbocycles. The van der Waals surface area contributed by atoms with Crippen molar-refractivity contribution in [2.24, 2.45) is 5.92 Å². The van der Waals surface area contributed by atoms with Gasteiger partial charge in [0, 0.05) is 0 Å². The third kappa shape index (κ3) is 1.50. The van der Waals surface area contributed by atoms with Crippen molar-refractivity contribution in [2.75, 3.05) is 0 Å². The third-order valence-electron chi connectivity index (χ3n) is 3.28. The second-order valence-electron chi connectivity index (χ2n) is 4.24. The van der Waals surface area contributed by atoms with Gasteiger partial charge in [-0.2, -0.15) is 0 Å². The van der Waals surface area contributed by atoms with Crippen LogP contribution in [-0.4, -0.2) is 23.4 Å². The number of aliphatic hydroxyl groups is 1. The Hall–Kier alpha value is -0.0800. The van der Waals surface area contributed by atoms with Crippen LogP contribution >= 0.6 is 0 Å². The molecule has 3 atom stereocenters. The molecule has 1 aliphatic heterocycles. The Morgan fingerprint density at radius 3 is 2.42 bits per heavy atom. The van der Waals surface area contributed by atoms with Gasteiger partial charge >= 0.3 is 0 Å². The first-order valence-electron chi connectivity index (χ1n) is 5.11. The summed E-state index contributed by atoms with van der Waals surface area (Å²) in [7, 11) is 0. The Bertz CT molecular complexity index is 154. The van der Waals surface area contributed by atoms with Crippen molar-refractivity contribution >= 4 is 0 Å². The molecule has 1 heterocycles. The maximum atomic E-state index is 9.86. The molecule has 2 nitrogen and oxygen atoms in total. The molecule has 0 amide bonds. The molecule has 0 bridgehead atoms. The van der Waals surface area contributed by atoms with Gasteiger partial charge in [0.05, 0.1) is 18.3 Å². The van der Waals surface area contributed by atoms with Crippen molar-refractivity contribution in [3.63, 3.8) is 0 Å². The topological polar surface area (TPSA) is 29.5 Å². The highest BCUT2D eigenvalue weighted by molar-refractivity contribution is 4.85. The minimum atomic E-state index is -0.177. The summed E-state index contributed by atoms with van der Waals surface area (Å²) in [6, 6.07) is 0. The van der Waals surface area contributed by atoms with Crippen LogP contribution in [-0.2, 0) is 4.74 Å². The van der Waals surface area contributed by atoms with Gasteiger partial charge in [0.1, 0.15) is 0 Å². The molecule has 12 heavy (non-hydrogen) atoms. The standard InChI is InChI=1S/C10H18O2/c1-7-5-6-9(12-7)10(11)8-3-2-4-8/h7-11H,2-6H2,1H3. The quantitative estimate of drug-likeness (QED) is 0.683. The van der Waals surface area contributed by atoms with Crippen LogP contribution in [0.25, 0.3) is 0 Å². The summed E-state index contributed by atoms with van der Waals surface area (Å²) in [5, 5.41) is 9.86. The van der Waals surface area contributed by atoms with Crippen LogP contribution in [0.1, 0.15) is 39.0 Å². The molecule has 0 aromatic carbocycles. The average Bonchev–Trinajstić information content (AvgIpc) is 2.31. The summed E-state index contributed by atoms with van der Waals surface area (Å²) >= 11 is 0. The zero-order valence-corrected chi connectivity index (χ0v) is 7.70. The molecule has 0 aromatic heterocycles. The second-order valence-corrected chi connectivity index (χ2v) is 4.24. The lowest BCUT2D eigenvalue weighted by Crippen LogP contribution is -2.37. The van der Waals surface area contributed by atoms with E-state index in [-0.39, 0.29) is 12.2 Å². The molecular weight excluding hydrogens is 152 g/mol. The third-order valence-corrected chi connectivity index (χ3v) is 3.28. The first kappa shape index (κ1) is 8.52. The summed E-state index contributed by atoms with van der Waals surface area (Å²) in [5.41, 5.74) is 0. The summed E-state index contributed by atoms with van der Waals surface area (Å²) in [5.74, 6) is 0.542. The Balaban J connectivity index is 1.83. The van der Waals surface area contributed by atoms with E-state index in [0.717, 1.165) is 12.8 Å². The van der Waals surface area contributed by atoms with Crippen molar-refractivity contribution in [3.8, 4) is 0 Å². The Morgan fingerprint density at radius 2 is 2.00 bits per heavy atom. The summed E-state index contributed by atoms with van der Waals surface area (Å²) in [4.78, 5) is 0. The second kappa shape index (κ2) is 3.35. The molecule has 2 rings (SSSR count). The highest BCUT2D eigenvalue weighted by atomic mass is 16.5. The van der Waals surface area contributed by atoms with Gasteiger partial charge in [-0.25, -0.2) is 0 Å². The fourth-order valence-corrected chi connectivity index (χ4v) is 2.17. The Morgan fingerprint density at radius 1 is 1.25 bits per heavy atom. The van der Waals surface area contributed by atoms with Crippen LogP contribution < -0.4 is 0 Å². The zero-order valence-electron chi connectivity index (χ0n) is 7.70. The summed E-state index contributed by atoms with van der Waals surface area (Å²) in [6.07, 6.45) is 6.21. The highest BCUT2D eigenvalue weighted by Gasteiger charge is 2.35. The average molecular weight is 170 g/mol. The van der Waals surface area contributed by atoms with Crippen molar-refractivity contribution in [2.45, 2.75) is 57.3 Å². The van der Waals surface area contributed by atoms with Gasteiger partial charge in [-0.15, -0.1) is 0 Å². The van der Waals surface area contributed by atoms with Crippen LogP contribution in [0.4, 0.5) is 0 Å². The number of rotatable bonds is 2. The molecule has 1 N–H and O–H groups in total. The van der Waals surface area contributed by atoms with Crippen molar-refractivity contribution in [1.29, 1.82) is 0 Å². The number of ether oxygens (including phenoxy) is 1. The maximum Gasteiger partial charge on any atom is 0.0841 e. The lowest BCUT2D eigenvalue weighted by Gasteiger charge is -2.33. The smallest absolute Gasteiger partial charge is 0.0841 e. The van der Waals surface area contributed by atoms with Crippen LogP contribution in [0.2, 0.25) is 0 Å². The highest BCUT2D eigenvalue weighted by Crippen LogP contribution is 2.35. The number of hydrogen-bond donors (Lipinski definition) is 1. The predicted molar refractivity (Wildman–Crippen MR) is 46.9 cm³/mol. The normalized spacial score (nSPS) is 39.5. The van der Waals surface area contributed by atoms with Gasteiger partial charge in [-0.05, 0) is 38.5 Å². The summed E-state index contributed by atoms with van der Waals surface area (Å²) < 4.78 is 5.63. The predicted octanol–water partition coefficient (Wildman–Crippen LogP) is 1.71. The van der Waals surface area contributed by atoms with Gasteiger partial charge in [0.2, 0.25) is 0 Å². The fraction of sp³-hybridized carbons (Fsp3) is 1.00. The van der Waals surface area contributed by atoms with Crippen LogP contribution in [0.15, 0.2) is 0 Å². The van der Waals surface area contributed by atoms with Crippen molar-refractivity contribution in [1.82, 2.24) is 0 Å². The molecule has 0 spiro atoms. The molecule has 2 fully saturated rings. The molecule has 70 valence electrons. The number of aliphatic hydroxyl groups excluding tert-OH is 1. The van der Waals surface area contributed by atoms with E-state index in [9.17, 15) is 5.11 Å². The van der Waals surface area contributed by atoms with Crippen LogP contribution in [0.3, 0.4) is 0 Å². The van der Waals surface area contributed by atoms with E-state index < -0.39 is 0 Å². The van der Waals surface area contributed by atoms with Crippen LogP contribution in [0.5, 0.6) is 0 Å². The van der Waals surface area contributed by atoms with Crippen molar-refractivity contribution < 1.29 is 9.84 Å². The van der Waals surface area contributed by atoms with Gasteiger partial charge in [0.15, 0.2) is 0 Å². The molecule has 3 unspecified atom stereocenters. The van der Waals surface area contributed by atoms with Gasteiger partial charge < -0.3 is 9.84 Å². The minimum absolute atomic E-state index is 0.144. The summed E-state index contributed by atoms with van der Waals surface area (Å²) in [6.45, 7) is 2.09. The molecule has 1 aliphatic carbocycles. The van der Waals surface area contributed by atoms with E-state index in [0.29, 0.717) is 12.0 Å². The van der Waals surface area contributed by atoms with E-state index in [1.165, 1.54) is 19.3 Å². The largest absolute Gasteiger partial charge is 0.390 e. The molecule has 2 aliphatic rings. The van der Waals surface area contributed by atoms with E-state index >= 15 is 0 Å². The Labute approximate surface area is 73.9 Å². The lowest BCUT2D eigenvalue weighted by atomic mass is 9.79. The number of hydrogen-bond acceptors (Lipinski definition) is 2. The van der Waals surface area contributed by atoms with E-state index in [4.69, 9.17) is 4.74 Å². The molecule has 2 heteroatoms. The van der Waals surface area contributed by atoms with E-state index in [1.807, 2.05) is 0 Å².